The monoisotopic (exact) mass is 269 g/mol. The lowest BCUT2D eigenvalue weighted by Gasteiger charge is -2.06. The van der Waals surface area contributed by atoms with Gasteiger partial charge < -0.3 is 14.3 Å². The fourth-order valence-electron chi connectivity index (χ4n) is 2.16. The zero-order valence-corrected chi connectivity index (χ0v) is 10.8. The fraction of sp³-hybridized carbons (Fsp3) is 0.500. The summed E-state index contributed by atoms with van der Waals surface area (Å²) in [6.07, 6.45) is 6.00. The van der Waals surface area contributed by atoms with Crippen molar-refractivity contribution < 1.29 is 8.94 Å². The lowest BCUT2D eigenvalue weighted by molar-refractivity contribution is 0.368. The Morgan fingerprint density at radius 2 is 2.39 bits per heavy atom. The topological polar surface area (TPSA) is 64.1 Å². The van der Waals surface area contributed by atoms with Crippen molar-refractivity contribution >= 4 is 12.4 Å². The summed E-state index contributed by atoms with van der Waals surface area (Å²) in [6.45, 7) is 1.13. The molecular formula is C12H16ClN3O2. The van der Waals surface area contributed by atoms with Crippen LogP contribution >= 0.6 is 12.4 Å². The van der Waals surface area contributed by atoms with Crippen LogP contribution in [0.4, 0.5) is 0 Å². The molecular weight excluding hydrogens is 254 g/mol. The maximum atomic E-state index is 5.21. The summed E-state index contributed by atoms with van der Waals surface area (Å²) in [4.78, 5) is 4.31. The Hall–Kier alpha value is -1.33. The molecule has 18 heavy (non-hydrogen) atoms. The smallest absolute Gasteiger partial charge is 0.238 e. The molecule has 1 fully saturated rings. The molecule has 0 aromatic carbocycles. The SMILES string of the molecule is Cl.c1coc(-c2noc(CCC3CCCN3)n2)c1. The maximum Gasteiger partial charge on any atom is 0.238 e. The van der Waals surface area contributed by atoms with Crippen molar-refractivity contribution in [1.82, 2.24) is 15.5 Å². The highest BCUT2D eigenvalue weighted by Crippen LogP contribution is 2.17. The van der Waals surface area contributed by atoms with E-state index in [9.17, 15) is 0 Å². The number of hydrogen-bond donors (Lipinski definition) is 1. The highest BCUT2D eigenvalue weighted by molar-refractivity contribution is 5.85. The number of rotatable bonds is 4. The molecule has 2 aromatic rings. The highest BCUT2D eigenvalue weighted by atomic mass is 35.5. The van der Waals surface area contributed by atoms with E-state index in [0.717, 1.165) is 19.4 Å². The molecule has 0 spiro atoms. The second-order valence-corrected chi connectivity index (χ2v) is 4.32. The molecule has 1 N–H and O–H groups in total. The average Bonchev–Trinajstić information content (AvgIpc) is 3.09. The number of aromatic nitrogens is 2. The van der Waals surface area contributed by atoms with E-state index in [-0.39, 0.29) is 12.4 Å². The third-order valence-corrected chi connectivity index (χ3v) is 3.08. The minimum absolute atomic E-state index is 0. The van der Waals surface area contributed by atoms with Gasteiger partial charge in [0.15, 0.2) is 5.76 Å². The van der Waals surface area contributed by atoms with E-state index in [1.54, 1.807) is 6.26 Å². The molecule has 0 radical (unpaired) electrons. The largest absolute Gasteiger partial charge is 0.461 e. The van der Waals surface area contributed by atoms with E-state index >= 15 is 0 Å². The summed E-state index contributed by atoms with van der Waals surface area (Å²) in [5.74, 6) is 1.87. The van der Waals surface area contributed by atoms with Crippen LogP contribution in [0.5, 0.6) is 0 Å². The summed E-state index contributed by atoms with van der Waals surface area (Å²) < 4.78 is 10.4. The lowest BCUT2D eigenvalue weighted by Crippen LogP contribution is -2.21. The van der Waals surface area contributed by atoms with Crippen molar-refractivity contribution in [2.45, 2.75) is 31.7 Å². The summed E-state index contributed by atoms with van der Waals surface area (Å²) in [6, 6.07) is 4.25. The van der Waals surface area contributed by atoms with Gasteiger partial charge in [0.25, 0.3) is 0 Å². The van der Waals surface area contributed by atoms with E-state index in [1.165, 1.54) is 12.8 Å². The van der Waals surface area contributed by atoms with Crippen molar-refractivity contribution in [2.75, 3.05) is 6.54 Å². The molecule has 1 aliphatic rings. The van der Waals surface area contributed by atoms with Crippen LogP contribution in [0.25, 0.3) is 11.6 Å². The Labute approximate surface area is 111 Å². The molecule has 2 aromatic heterocycles. The third kappa shape index (κ3) is 2.91. The normalized spacial score (nSPS) is 18.8. The Morgan fingerprint density at radius 1 is 1.44 bits per heavy atom. The molecule has 3 heterocycles. The number of halogens is 1. The molecule has 5 nitrogen and oxygen atoms in total. The van der Waals surface area contributed by atoms with Gasteiger partial charge in [-0.3, -0.25) is 0 Å². The molecule has 6 heteroatoms. The number of nitrogens with zero attached hydrogens (tertiary/aromatic N) is 2. The molecule has 1 aliphatic heterocycles. The highest BCUT2D eigenvalue weighted by Gasteiger charge is 2.16. The van der Waals surface area contributed by atoms with Crippen molar-refractivity contribution in [3.63, 3.8) is 0 Å². The summed E-state index contributed by atoms with van der Waals surface area (Å²) in [5, 5.41) is 7.36. The number of furan rings is 1. The molecule has 0 bridgehead atoms. The third-order valence-electron chi connectivity index (χ3n) is 3.08. The van der Waals surface area contributed by atoms with Crippen molar-refractivity contribution in [3.05, 3.63) is 24.3 Å². The molecule has 98 valence electrons. The van der Waals surface area contributed by atoms with Gasteiger partial charge in [-0.05, 0) is 37.9 Å². The van der Waals surface area contributed by atoms with Crippen LogP contribution < -0.4 is 5.32 Å². The number of aryl methyl sites for hydroxylation is 1. The van der Waals surface area contributed by atoms with Crippen LogP contribution in [0.15, 0.2) is 27.3 Å². The minimum Gasteiger partial charge on any atom is -0.461 e. The first-order chi connectivity index (χ1) is 8.42. The maximum absolute atomic E-state index is 5.21. The van der Waals surface area contributed by atoms with Gasteiger partial charge >= 0.3 is 0 Å². The molecule has 0 amide bonds. The van der Waals surface area contributed by atoms with Gasteiger partial charge in [0.05, 0.1) is 6.26 Å². The number of nitrogens with one attached hydrogen (secondary N) is 1. The Kier molecular flexibility index (Phi) is 4.38. The lowest BCUT2D eigenvalue weighted by atomic mass is 10.1. The Bertz CT molecular complexity index is 463. The molecule has 1 saturated heterocycles. The summed E-state index contributed by atoms with van der Waals surface area (Å²) in [5.41, 5.74) is 0. The van der Waals surface area contributed by atoms with E-state index in [4.69, 9.17) is 8.94 Å². The van der Waals surface area contributed by atoms with Gasteiger partial charge in [0.1, 0.15) is 0 Å². The van der Waals surface area contributed by atoms with Crippen molar-refractivity contribution in [2.24, 2.45) is 0 Å². The van der Waals surface area contributed by atoms with Crippen LogP contribution in [0.2, 0.25) is 0 Å². The first-order valence-electron chi connectivity index (χ1n) is 6.01. The Balaban J connectivity index is 0.00000120. The molecule has 3 rings (SSSR count). The van der Waals surface area contributed by atoms with Crippen LogP contribution in [0.1, 0.15) is 25.2 Å². The van der Waals surface area contributed by atoms with Gasteiger partial charge in [0.2, 0.25) is 11.7 Å². The average molecular weight is 270 g/mol. The standard InChI is InChI=1S/C12H15N3O2.ClH/c1-3-9(13-7-1)5-6-11-14-12(15-17-11)10-4-2-8-16-10;/h2,4,8-9,13H,1,3,5-7H2;1H. The first-order valence-corrected chi connectivity index (χ1v) is 6.01. The second kappa shape index (κ2) is 6.02. The molecule has 1 unspecified atom stereocenters. The first kappa shape index (κ1) is 13.1. The molecule has 0 aliphatic carbocycles. The quantitative estimate of drug-likeness (QED) is 0.924. The van der Waals surface area contributed by atoms with E-state index in [0.29, 0.717) is 23.5 Å². The molecule has 1 atom stereocenters. The summed E-state index contributed by atoms with van der Waals surface area (Å²) in [7, 11) is 0. The van der Waals surface area contributed by atoms with Crippen molar-refractivity contribution in [3.8, 4) is 11.6 Å². The minimum atomic E-state index is 0. The predicted molar refractivity (Wildman–Crippen MR) is 68.6 cm³/mol. The summed E-state index contributed by atoms with van der Waals surface area (Å²) >= 11 is 0. The fourth-order valence-corrected chi connectivity index (χ4v) is 2.16. The van der Waals surface area contributed by atoms with Crippen molar-refractivity contribution in [1.29, 1.82) is 0 Å². The second-order valence-electron chi connectivity index (χ2n) is 4.32. The molecule has 0 saturated carbocycles. The van der Waals surface area contributed by atoms with E-state index < -0.39 is 0 Å². The number of hydrogen-bond acceptors (Lipinski definition) is 5. The predicted octanol–water partition coefficient (Wildman–Crippen LogP) is 2.44. The van der Waals surface area contributed by atoms with Crippen LogP contribution in [0, 0.1) is 0 Å². The van der Waals surface area contributed by atoms with Gasteiger partial charge in [-0.15, -0.1) is 12.4 Å². The van der Waals surface area contributed by atoms with Gasteiger partial charge in [0, 0.05) is 12.5 Å². The zero-order chi connectivity index (χ0) is 11.5. The zero-order valence-electron chi connectivity index (χ0n) is 9.96. The van der Waals surface area contributed by atoms with Gasteiger partial charge in [-0.25, -0.2) is 0 Å². The van der Waals surface area contributed by atoms with Gasteiger partial charge in [-0.2, -0.15) is 4.98 Å². The van der Waals surface area contributed by atoms with Crippen LogP contribution in [0.3, 0.4) is 0 Å². The van der Waals surface area contributed by atoms with E-state index in [2.05, 4.69) is 15.5 Å². The van der Waals surface area contributed by atoms with Gasteiger partial charge in [-0.1, -0.05) is 5.16 Å². The van der Waals surface area contributed by atoms with Crippen LogP contribution in [-0.4, -0.2) is 22.7 Å². The Morgan fingerprint density at radius 3 is 3.11 bits per heavy atom. The van der Waals surface area contributed by atoms with E-state index in [1.807, 2.05) is 12.1 Å². The van der Waals surface area contributed by atoms with Crippen LogP contribution in [-0.2, 0) is 6.42 Å².